The highest BCUT2D eigenvalue weighted by Crippen LogP contribution is 2.30. The summed E-state index contributed by atoms with van der Waals surface area (Å²) in [6.45, 7) is 0. The van der Waals surface area contributed by atoms with Gasteiger partial charge in [-0.1, -0.05) is 6.07 Å². The molecular formula is C16H12F3N3O2S2. The first-order valence-electron chi connectivity index (χ1n) is 7.33. The fourth-order valence-corrected chi connectivity index (χ4v) is 3.64. The molecule has 5 nitrogen and oxygen atoms in total. The van der Waals surface area contributed by atoms with Gasteiger partial charge in [0.2, 0.25) is 5.91 Å². The Bertz CT molecular complexity index is 998. The SMILES string of the molecule is O=C(CSCc1cc(=O)n2ccsc2n1)Nc1cccc(C(F)(F)F)c1. The second-order valence-electron chi connectivity index (χ2n) is 5.26. The summed E-state index contributed by atoms with van der Waals surface area (Å²) >= 11 is 2.55. The molecule has 2 aromatic heterocycles. The molecule has 1 aromatic carbocycles. The summed E-state index contributed by atoms with van der Waals surface area (Å²) in [5.41, 5.74) is -0.381. The van der Waals surface area contributed by atoms with Crippen molar-refractivity contribution in [2.45, 2.75) is 11.9 Å². The normalized spacial score (nSPS) is 11.7. The number of carbonyl (C=O) groups excluding carboxylic acids is 1. The summed E-state index contributed by atoms with van der Waals surface area (Å²) in [6.07, 6.45) is -2.83. The number of anilines is 1. The van der Waals surface area contributed by atoms with E-state index in [4.69, 9.17) is 0 Å². The molecule has 1 N–H and O–H groups in total. The third-order valence-corrected chi connectivity index (χ3v) is 5.04. The lowest BCUT2D eigenvalue weighted by molar-refractivity contribution is -0.137. The molecule has 0 radical (unpaired) electrons. The highest BCUT2D eigenvalue weighted by Gasteiger charge is 2.30. The summed E-state index contributed by atoms with van der Waals surface area (Å²) in [4.78, 5) is 28.7. The Hall–Kier alpha value is -2.33. The number of fused-ring (bicyclic) bond motifs is 1. The van der Waals surface area contributed by atoms with Gasteiger partial charge < -0.3 is 5.32 Å². The Balaban J connectivity index is 1.56. The summed E-state index contributed by atoms with van der Waals surface area (Å²) in [6, 6.07) is 5.85. The van der Waals surface area contributed by atoms with E-state index in [1.54, 1.807) is 11.6 Å². The molecule has 136 valence electrons. The highest BCUT2D eigenvalue weighted by atomic mass is 32.2. The highest BCUT2D eigenvalue weighted by molar-refractivity contribution is 7.99. The van der Waals surface area contributed by atoms with Crippen LogP contribution < -0.4 is 10.9 Å². The molecule has 3 rings (SSSR count). The largest absolute Gasteiger partial charge is 0.416 e. The number of nitrogens with one attached hydrogen (secondary N) is 1. The molecule has 0 atom stereocenters. The molecule has 0 spiro atoms. The summed E-state index contributed by atoms with van der Waals surface area (Å²) < 4.78 is 39.4. The van der Waals surface area contributed by atoms with E-state index in [0.29, 0.717) is 16.4 Å². The van der Waals surface area contributed by atoms with Crippen LogP contribution >= 0.6 is 23.1 Å². The molecule has 0 aliphatic heterocycles. The molecule has 0 unspecified atom stereocenters. The standard InChI is InChI=1S/C16H12F3N3O2S2/c17-16(18,19)10-2-1-3-11(6-10)20-13(23)9-25-8-12-7-14(24)22-4-5-26-15(22)21-12/h1-7H,8-9H2,(H,20,23). The van der Waals surface area contributed by atoms with Crippen LogP contribution in [0.1, 0.15) is 11.3 Å². The van der Waals surface area contributed by atoms with Crippen LogP contribution in [0.25, 0.3) is 4.96 Å². The van der Waals surface area contributed by atoms with E-state index in [-0.39, 0.29) is 17.0 Å². The summed E-state index contributed by atoms with van der Waals surface area (Å²) in [7, 11) is 0. The lowest BCUT2D eigenvalue weighted by atomic mass is 10.2. The van der Waals surface area contributed by atoms with Gasteiger partial charge >= 0.3 is 6.18 Å². The Morgan fingerprint density at radius 3 is 2.88 bits per heavy atom. The average Bonchev–Trinajstić information content (AvgIpc) is 3.03. The van der Waals surface area contributed by atoms with Gasteiger partial charge in [0.25, 0.3) is 5.56 Å². The molecule has 0 bridgehead atoms. The fourth-order valence-electron chi connectivity index (χ4n) is 2.18. The maximum absolute atomic E-state index is 12.7. The maximum atomic E-state index is 12.7. The third-order valence-electron chi connectivity index (χ3n) is 3.31. The van der Waals surface area contributed by atoms with Crippen LogP contribution in [0.5, 0.6) is 0 Å². The van der Waals surface area contributed by atoms with Crippen LogP contribution in [0.2, 0.25) is 0 Å². The van der Waals surface area contributed by atoms with Crippen molar-refractivity contribution in [1.82, 2.24) is 9.38 Å². The van der Waals surface area contributed by atoms with Crippen LogP contribution in [0.3, 0.4) is 0 Å². The number of nitrogens with zero attached hydrogens (tertiary/aromatic N) is 2. The summed E-state index contributed by atoms with van der Waals surface area (Å²) in [5.74, 6) is -0.0512. The number of thioether (sulfide) groups is 1. The van der Waals surface area contributed by atoms with E-state index < -0.39 is 17.6 Å². The molecule has 1 amide bonds. The van der Waals surface area contributed by atoms with E-state index in [9.17, 15) is 22.8 Å². The number of thiazole rings is 1. The van der Waals surface area contributed by atoms with Gasteiger partial charge in [-0.05, 0) is 18.2 Å². The zero-order chi connectivity index (χ0) is 18.7. The van der Waals surface area contributed by atoms with Crippen molar-refractivity contribution < 1.29 is 18.0 Å². The van der Waals surface area contributed by atoms with Crippen molar-refractivity contribution in [3.05, 3.63) is 63.5 Å². The van der Waals surface area contributed by atoms with Crippen molar-refractivity contribution in [1.29, 1.82) is 0 Å². The number of benzene rings is 1. The minimum Gasteiger partial charge on any atom is -0.325 e. The molecule has 0 aliphatic carbocycles. The Labute approximate surface area is 153 Å². The van der Waals surface area contributed by atoms with E-state index in [2.05, 4.69) is 10.3 Å². The quantitative estimate of drug-likeness (QED) is 0.712. The first-order valence-corrected chi connectivity index (χ1v) is 9.37. The summed E-state index contributed by atoms with van der Waals surface area (Å²) in [5, 5.41) is 4.19. The molecule has 0 saturated carbocycles. The minimum atomic E-state index is -4.46. The number of halogens is 3. The van der Waals surface area contributed by atoms with E-state index in [1.165, 1.54) is 45.7 Å². The van der Waals surface area contributed by atoms with Gasteiger partial charge in [0.15, 0.2) is 4.96 Å². The van der Waals surface area contributed by atoms with Crippen LogP contribution in [-0.4, -0.2) is 21.0 Å². The van der Waals surface area contributed by atoms with Crippen molar-refractivity contribution in [2.24, 2.45) is 0 Å². The predicted octanol–water partition coefficient (Wildman–Crippen LogP) is 3.65. The van der Waals surface area contributed by atoms with Crippen molar-refractivity contribution in [3.8, 4) is 0 Å². The van der Waals surface area contributed by atoms with Gasteiger partial charge in [-0.25, -0.2) is 4.98 Å². The Morgan fingerprint density at radius 2 is 2.12 bits per heavy atom. The van der Waals surface area contributed by atoms with E-state index in [1.807, 2.05) is 0 Å². The van der Waals surface area contributed by atoms with Gasteiger partial charge in [0.1, 0.15) is 0 Å². The molecular weight excluding hydrogens is 387 g/mol. The van der Waals surface area contributed by atoms with Crippen molar-refractivity contribution in [2.75, 3.05) is 11.1 Å². The monoisotopic (exact) mass is 399 g/mol. The molecule has 26 heavy (non-hydrogen) atoms. The molecule has 10 heteroatoms. The molecule has 0 fully saturated rings. The number of amides is 1. The fraction of sp³-hybridized carbons (Fsp3) is 0.188. The van der Waals surface area contributed by atoms with Gasteiger partial charge in [-0.2, -0.15) is 13.2 Å². The smallest absolute Gasteiger partial charge is 0.325 e. The number of alkyl halides is 3. The second-order valence-corrected chi connectivity index (χ2v) is 7.12. The van der Waals surface area contributed by atoms with Crippen molar-refractivity contribution >= 4 is 39.7 Å². The first kappa shape index (κ1) is 18.5. The van der Waals surface area contributed by atoms with Crippen LogP contribution in [0.15, 0.2) is 46.7 Å². The zero-order valence-electron chi connectivity index (χ0n) is 13.1. The maximum Gasteiger partial charge on any atom is 0.416 e. The second kappa shape index (κ2) is 7.50. The molecule has 3 aromatic rings. The van der Waals surface area contributed by atoms with Crippen LogP contribution in [0.4, 0.5) is 18.9 Å². The first-order chi connectivity index (χ1) is 12.3. The van der Waals surface area contributed by atoms with Gasteiger partial charge in [-0.15, -0.1) is 23.1 Å². The number of hydrogen-bond donors (Lipinski definition) is 1. The molecule has 2 heterocycles. The molecule has 0 saturated heterocycles. The lowest BCUT2D eigenvalue weighted by Crippen LogP contribution is -2.16. The van der Waals surface area contributed by atoms with Gasteiger partial charge in [0, 0.05) is 29.1 Å². The Kier molecular flexibility index (Phi) is 5.33. The number of rotatable bonds is 5. The van der Waals surface area contributed by atoms with Gasteiger partial charge in [0.05, 0.1) is 17.0 Å². The number of aromatic nitrogens is 2. The average molecular weight is 399 g/mol. The van der Waals surface area contributed by atoms with Gasteiger partial charge in [-0.3, -0.25) is 14.0 Å². The number of carbonyl (C=O) groups is 1. The van der Waals surface area contributed by atoms with E-state index in [0.717, 1.165) is 12.1 Å². The van der Waals surface area contributed by atoms with Crippen LogP contribution in [0, 0.1) is 0 Å². The predicted molar refractivity (Wildman–Crippen MR) is 95.6 cm³/mol. The topological polar surface area (TPSA) is 63.5 Å². The minimum absolute atomic E-state index is 0.0295. The Morgan fingerprint density at radius 1 is 1.31 bits per heavy atom. The van der Waals surface area contributed by atoms with Crippen molar-refractivity contribution in [3.63, 3.8) is 0 Å². The third kappa shape index (κ3) is 4.44. The molecule has 0 aliphatic rings. The van der Waals surface area contributed by atoms with Crippen LogP contribution in [-0.2, 0) is 16.7 Å². The zero-order valence-corrected chi connectivity index (χ0v) is 14.7. The van der Waals surface area contributed by atoms with E-state index >= 15 is 0 Å². The lowest BCUT2D eigenvalue weighted by Gasteiger charge is -2.09. The number of hydrogen-bond acceptors (Lipinski definition) is 5.